The Labute approximate surface area is 180 Å². The van der Waals surface area contributed by atoms with E-state index in [4.69, 9.17) is 10.6 Å². The summed E-state index contributed by atoms with van der Waals surface area (Å²) in [5, 5.41) is 8.30. The van der Waals surface area contributed by atoms with E-state index in [1.54, 1.807) is 13.8 Å². The minimum absolute atomic E-state index is 0.0113. The maximum atomic E-state index is 12.3. The van der Waals surface area contributed by atoms with Crippen LogP contribution in [0.25, 0.3) is 0 Å². The Balaban J connectivity index is 2.30. The summed E-state index contributed by atoms with van der Waals surface area (Å²) < 4.78 is 0. The van der Waals surface area contributed by atoms with Crippen molar-refractivity contribution in [2.75, 3.05) is 13.1 Å². The number of hydrogen-bond donors (Lipinski definition) is 4. The van der Waals surface area contributed by atoms with Crippen molar-refractivity contribution in [3.05, 3.63) is 0 Å². The van der Waals surface area contributed by atoms with Crippen LogP contribution in [0.2, 0.25) is 0 Å². The molecule has 31 heavy (non-hydrogen) atoms. The summed E-state index contributed by atoms with van der Waals surface area (Å²) in [6.45, 7) is 4.39. The van der Waals surface area contributed by atoms with Crippen molar-refractivity contribution in [2.24, 2.45) is 11.7 Å². The lowest BCUT2D eigenvalue weighted by atomic mass is 10.0. The predicted molar refractivity (Wildman–Crippen MR) is 108 cm³/mol. The molecule has 0 aromatic carbocycles. The number of nitrogens with one attached hydrogen (secondary N) is 3. The van der Waals surface area contributed by atoms with Crippen LogP contribution in [0.4, 0.5) is 4.79 Å². The maximum absolute atomic E-state index is 12.3. The second-order valence-electron chi connectivity index (χ2n) is 7.48. The molecule has 1 atom stereocenters. The van der Waals surface area contributed by atoms with E-state index < -0.39 is 35.8 Å². The Hall–Kier alpha value is -3.18. The molecule has 5 N–H and O–H groups in total. The molecule has 0 spiro atoms. The van der Waals surface area contributed by atoms with Crippen LogP contribution >= 0.6 is 0 Å². The first-order valence-corrected chi connectivity index (χ1v) is 10.3. The number of carbonyl (C=O) groups is 6. The van der Waals surface area contributed by atoms with Crippen molar-refractivity contribution < 1.29 is 33.6 Å². The molecular weight excluding hydrogens is 410 g/mol. The maximum Gasteiger partial charge on any atom is 0.333 e. The van der Waals surface area contributed by atoms with Gasteiger partial charge in [-0.25, -0.2) is 9.59 Å². The smallest absolute Gasteiger partial charge is 0.333 e. The number of nitrogens with two attached hydrogens (primary N) is 1. The van der Waals surface area contributed by atoms with E-state index >= 15 is 0 Å². The molecule has 0 aromatic rings. The third kappa shape index (κ3) is 9.92. The van der Waals surface area contributed by atoms with Crippen LogP contribution in [0, 0.1) is 5.92 Å². The second kappa shape index (κ2) is 13.2. The fourth-order valence-corrected chi connectivity index (χ4v) is 2.76. The summed E-state index contributed by atoms with van der Waals surface area (Å²) in [6.07, 6.45) is 1.27. The molecular formula is C19H31N5O7. The summed E-state index contributed by atoms with van der Waals surface area (Å²) in [4.78, 5) is 74.4. The van der Waals surface area contributed by atoms with Gasteiger partial charge in [0.15, 0.2) is 0 Å². The SMILES string of the molecule is CC(C)C(NC(=O)CCCC(=O)ON1C(=O)CCC1=O)C(=O)NCCCCNC(N)=O. The van der Waals surface area contributed by atoms with Gasteiger partial charge in [0.25, 0.3) is 11.8 Å². The van der Waals surface area contributed by atoms with Crippen molar-refractivity contribution in [1.29, 1.82) is 0 Å². The van der Waals surface area contributed by atoms with Crippen LogP contribution in [-0.2, 0) is 28.8 Å². The van der Waals surface area contributed by atoms with Gasteiger partial charge < -0.3 is 26.5 Å². The first-order valence-electron chi connectivity index (χ1n) is 10.3. The number of hydroxylamine groups is 2. The fraction of sp³-hybridized carbons (Fsp3) is 0.684. The normalized spacial score (nSPS) is 14.4. The lowest BCUT2D eigenvalue weighted by Gasteiger charge is -2.21. The molecule has 0 aromatic heterocycles. The lowest BCUT2D eigenvalue weighted by Crippen LogP contribution is -2.49. The summed E-state index contributed by atoms with van der Waals surface area (Å²) in [7, 11) is 0. The van der Waals surface area contributed by atoms with Crippen LogP contribution in [0.3, 0.4) is 0 Å². The molecule has 1 fully saturated rings. The minimum atomic E-state index is -0.777. The molecule has 1 rings (SSSR count). The van der Waals surface area contributed by atoms with E-state index in [1.165, 1.54) is 0 Å². The summed E-state index contributed by atoms with van der Waals surface area (Å²) in [5.74, 6) is -2.78. The fourth-order valence-electron chi connectivity index (χ4n) is 2.76. The average molecular weight is 441 g/mol. The van der Waals surface area contributed by atoms with E-state index in [9.17, 15) is 28.8 Å². The molecule has 1 aliphatic heterocycles. The molecule has 0 aliphatic carbocycles. The molecule has 1 saturated heterocycles. The van der Waals surface area contributed by atoms with Crippen molar-refractivity contribution in [1.82, 2.24) is 21.0 Å². The van der Waals surface area contributed by atoms with Gasteiger partial charge in [0.1, 0.15) is 6.04 Å². The number of nitrogens with zero attached hydrogens (tertiary/aromatic N) is 1. The van der Waals surface area contributed by atoms with Crippen molar-refractivity contribution in [3.8, 4) is 0 Å². The van der Waals surface area contributed by atoms with Gasteiger partial charge >= 0.3 is 12.0 Å². The highest BCUT2D eigenvalue weighted by Gasteiger charge is 2.32. The number of amides is 6. The monoisotopic (exact) mass is 441 g/mol. The molecule has 6 amide bonds. The standard InChI is InChI=1S/C19H31N5O7/c1-12(2)17(18(29)21-10-3-4-11-22-19(20)30)23-13(25)6-5-7-16(28)31-24-14(26)8-9-15(24)27/h12,17H,3-11H2,1-2H3,(H,21,29)(H,23,25)(H3,20,22,30). The first-order chi connectivity index (χ1) is 14.6. The average Bonchev–Trinajstić information content (AvgIpc) is 3.00. The third-order valence-corrected chi connectivity index (χ3v) is 4.45. The largest absolute Gasteiger partial charge is 0.354 e. The van der Waals surface area contributed by atoms with E-state index in [2.05, 4.69) is 16.0 Å². The van der Waals surface area contributed by atoms with Gasteiger partial charge in [-0.1, -0.05) is 13.8 Å². The highest BCUT2D eigenvalue weighted by molar-refractivity contribution is 6.01. The quantitative estimate of drug-likeness (QED) is 0.219. The van der Waals surface area contributed by atoms with Gasteiger partial charge in [-0.2, -0.15) is 0 Å². The number of hydrogen-bond acceptors (Lipinski definition) is 7. The molecule has 174 valence electrons. The molecule has 1 aliphatic rings. The Morgan fingerprint density at radius 2 is 1.55 bits per heavy atom. The lowest BCUT2D eigenvalue weighted by molar-refractivity contribution is -0.197. The van der Waals surface area contributed by atoms with Crippen molar-refractivity contribution in [3.63, 3.8) is 0 Å². The van der Waals surface area contributed by atoms with Gasteiger partial charge in [-0.15, -0.1) is 5.06 Å². The molecule has 1 unspecified atom stereocenters. The van der Waals surface area contributed by atoms with E-state index in [0.29, 0.717) is 31.0 Å². The van der Waals surface area contributed by atoms with Crippen LogP contribution in [0.15, 0.2) is 0 Å². The third-order valence-electron chi connectivity index (χ3n) is 4.45. The molecule has 0 radical (unpaired) electrons. The first kappa shape index (κ1) is 25.9. The van der Waals surface area contributed by atoms with Crippen LogP contribution in [0.1, 0.15) is 58.8 Å². The summed E-state index contributed by atoms with van der Waals surface area (Å²) in [6, 6.07) is -1.33. The zero-order chi connectivity index (χ0) is 23.4. The van der Waals surface area contributed by atoms with Crippen LogP contribution in [-0.4, -0.2) is 59.8 Å². The highest BCUT2D eigenvalue weighted by Crippen LogP contribution is 2.13. The molecule has 12 heteroatoms. The van der Waals surface area contributed by atoms with Gasteiger partial charge in [0.2, 0.25) is 11.8 Å². The summed E-state index contributed by atoms with van der Waals surface area (Å²) >= 11 is 0. The van der Waals surface area contributed by atoms with Gasteiger partial charge in [0.05, 0.1) is 0 Å². The number of urea groups is 1. The van der Waals surface area contributed by atoms with Crippen molar-refractivity contribution >= 4 is 35.6 Å². The minimum Gasteiger partial charge on any atom is -0.354 e. The van der Waals surface area contributed by atoms with E-state index in [1.807, 2.05) is 0 Å². The number of rotatable bonds is 13. The molecule has 12 nitrogen and oxygen atoms in total. The predicted octanol–water partition coefficient (Wildman–Crippen LogP) is -0.531. The van der Waals surface area contributed by atoms with E-state index in [-0.39, 0.29) is 43.9 Å². The molecule has 0 saturated carbocycles. The zero-order valence-corrected chi connectivity index (χ0v) is 17.9. The number of carbonyl (C=O) groups excluding carboxylic acids is 6. The number of unbranched alkanes of at least 4 members (excludes halogenated alkanes) is 1. The van der Waals surface area contributed by atoms with Gasteiger partial charge in [0, 0.05) is 38.8 Å². The highest BCUT2D eigenvalue weighted by atomic mass is 16.7. The number of imide groups is 1. The number of primary amides is 1. The van der Waals surface area contributed by atoms with Gasteiger partial charge in [-0.3, -0.25) is 19.2 Å². The zero-order valence-electron chi connectivity index (χ0n) is 17.9. The van der Waals surface area contributed by atoms with E-state index in [0.717, 1.165) is 0 Å². The van der Waals surface area contributed by atoms with Crippen LogP contribution in [0.5, 0.6) is 0 Å². The summed E-state index contributed by atoms with van der Waals surface area (Å²) in [5.41, 5.74) is 4.96. The Morgan fingerprint density at radius 3 is 2.10 bits per heavy atom. The molecule has 1 heterocycles. The molecule has 0 bridgehead atoms. The van der Waals surface area contributed by atoms with Gasteiger partial charge in [-0.05, 0) is 25.2 Å². The van der Waals surface area contributed by atoms with Crippen LogP contribution < -0.4 is 21.7 Å². The Bertz CT molecular complexity index is 679. The van der Waals surface area contributed by atoms with Crippen molar-refractivity contribution in [2.45, 2.75) is 64.8 Å². The Kier molecular flexibility index (Phi) is 11.0. The topological polar surface area (TPSA) is 177 Å². The Morgan fingerprint density at radius 1 is 0.968 bits per heavy atom. The second-order valence-corrected chi connectivity index (χ2v) is 7.48.